The van der Waals surface area contributed by atoms with Crippen molar-refractivity contribution in [1.29, 1.82) is 0 Å². The minimum absolute atomic E-state index is 0.0221. The van der Waals surface area contributed by atoms with Gasteiger partial charge in [-0.2, -0.15) is 0 Å². The average molecular weight is 632 g/mol. The zero-order chi connectivity index (χ0) is 32.0. The van der Waals surface area contributed by atoms with Gasteiger partial charge in [0.15, 0.2) is 12.6 Å². The van der Waals surface area contributed by atoms with E-state index in [1.54, 1.807) is 0 Å². The van der Waals surface area contributed by atoms with Crippen molar-refractivity contribution in [2.75, 3.05) is 39.4 Å². The summed E-state index contributed by atoms with van der Waals surface area (Å²) >= 11 is 0. The number of hydrogen-bond donors (Lipinski definition) is 15. The third kappa shape index (κ3) is 8.95. The van der Waals surface area contributed by atoms with Crippen molar-refractivity contribution in [2.45, 2.75) is 110 Å². The third-order valence-electron chi connectivity index (χ3n) is 8.03. The molecule has 0 amide bonds. The molecule has 18 N–H and O–H groups in total. The van der Waals surface area contributed by atoms with Gasteiger partial charge in [0.1, 0.15) is 61.0 Å². The molecule has 3 rings (SSSR count). The summed E-state index contributed by atoms with van der Waals surface area (Å²) in [5.74, 6) is 0. The molecule has 2 saturated heterocycles. The number of aliphatic hydroxyl groups excluding tert-OH is 10. The van der Waals surface area contributed by atoms with Gasteiger partial charge >= 0.3 is 0 Å². The Morgan fingerprint density at radius 2 is 1.37 bits per heavy atom. The van der Waals surface area contributed by atoms with Gasteiger partial charge in [0.05, 0.1) is 31.5 Å². The standard InChI is InChI=1S/C24H49N5O14/c25-2-8(32)4-29-11-1-10(26)21(20(39)22(11)43-23-17(36)14(27)15(34)13(7-31)41-23)42-24-19(38)18(37)16(35)12(40-24)5-28-3-9(33)6-30/h8-24,28-39H,1-7,25-27H2/t8?,9?,10-,11+,12+,13+,14-,15+,16+,17+,18-,19+,20-,21?,22-,23+,24+/m0/s1. The summed E-state index contributed by atoms with van der Waals surface area (Å²) in [4.78, 5) is 0. The predicted molar refractivity (Wildman–Crippen MR) is 144 cm³/mol. The molecule has 43 heavy (non-hydrogen) atoms. The van der Waals surface area contributed by atoms with Crippen LogP contribution in [-0.2, 0) is 18.9 Å². The maximum Gasteiger partial charge on any atom is 0.187 e. The highest BCUT2D eigenvalue weighted by Crippen LogP contribution is 2.32. The number of aliphatic hydroxyl groups is 10. The normalized spacial score (nSPS) is 45.6. The Morgan fingerprint density at radius 3 is 2.00 bits per heavy atom. The number of ether oxygens (including phenoxy) is 4. The summed E-state index contributed by atoms with van der Waals surface area (Å²) in [5, 5.41) is 108. The maximum absolute atomic E-state index is 11.4. The summed E-state index contributed by atoms with van der Waals surface area (Å²) in [6.07, 6.45) is -19.7. The van der Waals surface area contributed by atoms with Gasteiger partial charge in [-0.3, -0.25) is 0 Å². The summed E-state index contributed by atoms with van der Waals surface area (Å²) in [5.41, 5.74) is 17.7. The van der Waals surface area contributed by atoms with E-state index in [1.165, 1.54) is 0 Å². The van der Waals surface area contributed by atoms with Crippen molar-refractivity contribution in [3.63, 3.8) is 0 Å². The summed E-state index contributed by atoms with van der Waals surface area (Å²) in [6.45, 7) is -1.41. The van der Waals surface area contributed by atoms with Crippen LogP contribution < -0.4 is 27.8 Å². The van der Waals surface area contributed by atoms with Crippen LogP contribution in [0.5, 0.6) is 0 Å². The number of hydrogen-bond acceptors (Lipinski definition) is 19. The molecule has 19 heteroatoms. The van der Waals surface area contributed by atoms with Crippen molar-refractivity contribution < 1.29 is 70.0 Å². The van der Waals surface area contributed by atoms with Crippen LogP contribution >= 0.6 is 0 Å². The molecule has 0 radical (unpaired) electrons. The lowest BCUT2D eigenvalue weighted by Crippen LogP contribution is -2.69. The first-order valence-electron chi connectivity index (χ1n) is 14.3. The summed E-state index contributed by atoms with van der Waals surface area (Å²) < 4.78 is 23.0. The highest BCUT2D eigenvalue weighted by molar-refractivity contribution is 5.02. The Kier molecular flexibility index (Phi) is 14.3. The Balaban J connectivity index is 1.78. The Labute approximate surface area is 248 Å². The van der Waals surface area contributed by atoms with Crippen molar-refractivity contribution in [1.82, 2.24) is 10.6 Å². The van der Waals surface area contributed by atoms with Crippen molar-refractivity contribution >= 4 is 0 Å². The zero-order valence-electron chi connectivity index (χ0n) is 23.6. The van der Waals surface area contributed by atoms with Crippen LogP contribution in [0.15, 0.2) is 0 Å². The number of nitrogens with one attached hydrogen (secondary N) is 2. The average Bonchev–Trinajstić information content (AvgIpc) is 2.99. The molecule has 3 unspecified atom stereocenters. The van der Waals surface area contributed by atoms with Crippen LogP contribution in [0.3, 0.4) is 0 Å². The third-order valence-corrected chi connectivity index (χ3v) is 8.03. The largest absolute Gasteiger partial charge is 0.394 e. The molecular formula is C24H49N5O14. The van der Waals surface area contributed by atoms with E-state index in [2.05, 4.69) is 10.6 Å². The quantitative estimate of drug-likeness (QED) is 0.0845. The van der Waals surface area contributed by atoms with Crippen LogP contribution in [0.1, 0.15) is 6.42 Å². The summed E-state index contributed by atoms with van der Waals surface area (Å²) in [7, 11) is 0. The molecule has 2 aliphatic heterocycles. The first-order chi connectivity index (χ1) is 20.3. The van der Waals surface area contributed by atoms with Crippen molar-refractivity contribution in [2.24, 2.45) is 17.2 Å². The minimum Gasteiger partial charge on any atom is -0.394 e. The van der Waals surface area contributed by atoms with E-state index in [9.17, 15) is 46.0 Å². The number of nitrogens with two attached hydrogens (primary N) is 3. The molecule has 3 aliphatic rings. The van der Waals surface area contributed by atoms with E-state index < -0.39 is 117 Å². The molecule has 0 aromatic rings. The molecule has 0 bridgehead atoms. The van der Waals surface area contributed by atoms with E-state index in [0.717, 1.165) is 0 Å². The van der Waals surface area contributed by atoms with Gasteiger partial charge in [0.25, 0.3) is 0 Å². The molecule has 0 spiro atoms. The van der Waals surface area contributed by atoms with Gasteiger partial charge in [-0.05, 0) is 6.42 Å². The van der Waals surface area contributed by atoms with Crippen molar-refractivity contribution in [3.8, 4) is 0 Å². The van der Waals surface area contributed by atoms with Crippen LogP contribution in [0.4, 0.5) is 0 Å². The fourth-order valence-electron chi connectivity index (χ4n) is 5.36. The maximum atomic E-state index is 11.4. The second kappa shape index (κ2) is 16.7. The molecule has 254 valence electrons. The van der Waals surface area contributed by atoms with Crippen LogP contribution in [0.25, 0.3) is 0 Å². The highest BCUT2D eigenvalue weighted by atomic mass is 16.7. The van der Waals surface area contributed by atoms with Crippen LogP contribution in [0.2, 0.25) is 0 Å². The molecular weight excluding hydrogens is 582 g/mol. The lowest BCUT2D eigenvalue weighted by atomic mass is 9.83. The van der Waals surface area contributed by atoms with Gasteiger partial charge in [0, 0.05) is 38.3 Å². The summed E-state index contributed by atoms with van der Waals surface area (Å²) in [6, 6.07) is -2.99. The zero-order valence-corrected chi connectivity index (χ0v) is 23.6. The van der Waals surface area contributed by atoms with Crippen molar-refractivity contribution in [3.05, 3.63) is 0 Å². The SMILES string of the molecule is NCC(O)CN[C@@H]1C[C@H](N)C(O[C@H]2O[C@H](CNCC(O)CO)[C@@H](O)[C@H](O)[C@H]2O)[C@H](O)[C@H]1O[C@H]1O[C@H](CO)[C@@H](O)[C@H](N)[C@H]1O. The lowest BCUT2D eigenvalue weighted by molar-refractivity contribution is -0.333. The van der Waals surface area contributed by atoms with Gasteiger partial charge in [0.2, 0.25) is 0 Å². The van der Waals surface area contributed by atoms with Gasteiger partial charge < -0.3 is 97.8 Å². The Hall–Kier alpha value is -0.760. The molecule has 17 atom stereocenters. The molecule has 2 heterocycles. The highest BCUT2D eigenvalue weighted by Gasteiger charge is 2.52. The first kappa shape index (κ1) is 36.7. The van der Waals surface area contributed by atoms with Crippen LogP contribution in [-0.4, -0.2) is 194 Å². The van der Waals surface area contributed by atoms with E-state index in [4.69, 9.17) is 41.3 Å². The van der Waals surface area contributed by atoms with E-state index in [1.807, 2.05) is 0 Å². The minimum atomic E-state index is -1.77. The Morgan fingerprint density at radius 1 is 0.744 bits per heavy atom. The van der Waals surface area contributed by atoms with Gasteiger partial charge in [-0.1, -0.05) is 0 Å². The first-order valence-corrected chi connectivity index (χ1v) is 14.3. The molecule has 19 nitrogen and oxygen atoms in total. The predicted octanol–water partition coefficient (Wildman–Crippen LogP) is -9.36. The van der Waals surface area contributed by atoms with E-state index in [-0.39, 0.29) is 32.6 Å². The van der Waals surface area contributed by atoms with E-state index >= 15 is 0 Å². The number of rotatable bonds is 14. The second-order valence-electron chi connectivity index (χ2n) is 11.3. The molecule has 0 aromatic carbocycles. The fourth-order valence-corrected chi connectivity index (χ4v) is 5.36. The van der Waals surface area contributed by atoms with E-state index in [0.29, 0.717) is 0 Å². The monoisotopic (exact) mass is 631 g/mol. The molecule has 0 aromatic heterocycles. The van der Waals surface area contributed by atoms with Crippen LogP contribution in [0, 0.1) is 0 Å². The molecule has 3 fully saturated rings. The van der Waals surface area contributed by atoms with Gasteiger partial charge in [-0.25, -0.2) is 0 Å². The molecule has 1 aliphatic carbocycles. The van der Waals surface area contributed by atoms with Gasteiger partial charge in [-0.15, -0.1) is 0 Å². The lowest BCUT2D eigenvalue weighted by Gasteiger charge is -2.49. The Bertz CT molecular complexity index is 824. The second-order valence-corrected chi connectivity index (χ2v) is 11.3. The molecule has 1 saturated carbocycles. The fraction of sp³-hybridized carbons (Fsp3) is 1.00. The smallest absolute Gasteiger partial charge is 0.187 e. The topological polar surface area (TPSA) is 341 Å².